The van der Waals surface area contributed by atoms with E-state index in [-0.39, 0.29) is 5.91 Å². The van der Waals surface area contributed by atoms with Gasteiger partial charge in [-0.1, -0.05) is 47.1 Å². The zero-order valence-electron chi connectivity index (χ0n) is 15.3. The van der Waals surface area contributed by atoms with Gasteiger partial charge in [0.25, 0.3) is 5.91 Å². The molecule has 138 valence electrons. The minimum atomic E-state index is 0.0924. The average molecular weight is 362 g/mol. The van der Waals surface area contributed by atoms with Crippen molar-refractivity contribution in [1.29, 1.82) is 0 Å². The molecule has 27 heavy (non-hydrogen) atoms. The van der Waals surface area contributed by atoms with Gasteiger partial charge in [0.15, 0.2) is 0 Å². The van der Waals surface area contributed by atoms with Crippen LogP contribution < -0.4 is 0 Å². The van der Waals surface area contributed by atoms with Crippen LogP contribution in [0.4, 0.5) is 0 Å². The van der Waals surface area contributed by atoms with Gasteiger partial charge in [0.2, 0.25) is 11.7 Å². The number of aromatic nitrogens is 2. The Bertz CT molecular complexity index is 915. The highest BCUT2D eigenvalue weighted by Gasteiger charge is 2.23. The summed E-state index contributed by atoms with van der Waals surface area (Å²) >= 11 is 0. The van der Waals surface area contributed by atoms with Crippen LogP contribution in [-0.4, -0.2) is 52.0 Å². The van der Waals surface area contributed by atoms with Gasteiger partial charge in [-0.3, -0.25) is 9.69 Å². The van der Waals surface area contributed by atoms with Gasteiger partial charge in [-0.05, 0) is 25.1 Å². The van der Waals surface area contributed by atoms with E-state index < -0.39 is 0 Å². The lowest BCUT2D eigenvalue weighted by atomic mass is 10.1. The summed E-state index contributed by atoms with van der Waals surface area (Å²) in [6.45, 7) is 5.63. The lowest BCUT2D eigenvalue weighted by molar-refractivity contribution is 0.0615. The second-order valence-corrected chi connectivity index (χ2v) is 6.82. The van der Waals surface area contributed by atoms with E-state index in [9.17, 15) is 4.79 Å². The molecule has 0 aliphatic carbocycles. The fraction of sp³-hybridized carbons (Fsp3) is 0.286. The first-order valence-corrected chi connectivity index (χ1v) is 9.15. The smallest absolute Gasteiger partial charge is 0.253 e. The molecule has 6 nitrogen and oxygen atoms in total. The van der Waals surface area contributed by atoms with Crippen molar-refractivity contribution in [2.45, 2.75) is 13.5 Å². The summed E-state index contributed by atoms with van der Waals surface area (Å²) in [5.74, 6) is 1.32. The quantitative estimate of drug-likeness (QED) is 0.714. The molecule has 3 aromatic rings. The van der Waals surface area contributed by atoms with Crippen molar-refractivity contribution in [1.82, 2.24) is 19.9 Å². The normalized spacial score (nSPS) is 15.1. The summed E-state index contributed by atoms with van der Waals surface area (Å²) in [7, 11) is 0. The minimum Gasteiger partial charge on any atom is -0.338 e. The Kier molecular flexibility index (Phi) is 4.98. The van der Waals surface area contributed by atoms with Crippen LogP contribution in [0, 0.1) is 6.92 Å². The SMILES string of the molecule is Cc1cccc(-c2noc(CN3CCN(C(=O)c4ccccc4)CC3)n2)c1. The molecule has 0 saturated carbocycles. The molecular formula is C21H22N4O2. The summed E-state index contributed by atoms with van der Waals surface area (Å²) in [6.07, 6.45) is 0. The molecule has 2 aromatic carbocycles. The maximum Gasteiger partial charge on any atom is 0.253 e. The molecule has 1 aliphatic rings. The maximum absolute atomic E-state index is 12.5. The van der Waals surface area contributed by atoms with Crippen LogP contribution in [0.5, 0.6) is 0 Å². The molecule has 0 spiro atoms. The van der Waals surface area contributed by atoms with Crippen molar-refractivity contribution in [3.8, 4) is 11.4 Å². The third-order valence-electron chi connectivity index (χ3n) is 4.78. The predicted molar refractivity (Wildman–Crippen MR) is 102 cm³/mol. The Morgan fingerprint density at radius 2 is 1.81 bits per heavy atom. The summed E-state index contributed by atoms with van der Waals surface area (Å²) in [5, 5.41) is 4.10. The fourth-order valence-corrected chi connectivity index (χ4v) is 3.28. The molecule has 4 rings (SSSR count). The number of amides is 1. The molecule has 0 radical (unpaired) electrons. The van der Waals surface area contributed by atoms with E-state index in [1.165, 1.54) is 0 Å². The zero-order valence-corrected chi connectivity index (χ0v) is 15.3. The Hall–Kier alpha value is -2.99. The molecule has 0 unspecified atom stereocenters. The van der Waals surface area contributed by atoms with Gasteiger partial charge in [0, 0.05) is 37.3 Å². The Morgan fingerprint density at radius 1 is 1.04 bits per heavy atom. The molecule has 0 N–H and O–H groups in total. The van der Waals surface area contributed by atoms with Gasteiger partial charge in [0.1, 0.15) is 0 Å². The van der Waals surface area contributed by atoms with Crippen molar-refractivity contribution in [3.63, 3.8) is 0 Å². The molecule has 0 atom stereocenters. The second kappa shape index (κ2) is 7.72. The van der Waals surface area contributed by atoms with Gasteiger partial charge in [0.05, 0.1) is 6.54 Å². The Morgan fingerprint density at radius 3 is 2.56 bits per heavy atom. The largest absolute Gasteiger partial charge is 0.338 e. The summed E-state index contributed by atoms with van der Waals surface area (Å²) in [5.41, 5.74) is 2.87. The van der Waals surface area contributed by atoms with Crippen molar-refractivity contribution in [3.05, 3.63) is 71.6 Å². The number of rotatable bonds is 4. The van der Waals surface area contributed by atoms with Gasteiger partial charge in [-0.2, -0.15) is 4.98 Å². The number of nitrogens with zero attached hydrogens (tertiary/aromatic N) is 4. The van der Waals surface area contributed by atoms with E-state index in [1.54, 1.807) is 0 Å². The molecule has 1 amide bonds. The maximum atomic E-state index is 12.5. The molecule has 2 heterocycles. The molecule has 6 heteroatoms. The highest BCUT2D eigenvalue weighted by Crippen LogP contribution is 2.18. The fourth-order valence-electron chi connectivity index (χ4n) is 3.28. The topological polar surface area (TPSA) is 62.5 Å². The van der Waals surface area contributed by atoms with Crippen LogP contribution in [0.25, 0.3) is 11.4 Å². The van der Waals surface area contributed by atoms with Crippen LogP contribution >= 0.6 is 0 Å². The van der Waals surface area contributed by atoms with Crippen LogP contribution in [0.3, 0.4) is 0 Å². The lowest BCUT2D eigenvalue weighted by Crippen LogP contribution is -2.48. The molecule has 1 saturated heterocycles. The number of hydrogen-bond donors (Lipinski definition) is 0. The van der Waals surface area contributed by atoms with Gasteiger partial charge >= 0.3 is 0 Å². The van der Waals surface area contributed by atoms with E-state index in [4.69, 9.17) is 4.52 Å². The summed E-state index contributed by atoms with van der Waals surface area (Å²) in [4.78, 5) is 21.2. The van der Waals surface area contributed by atoms with E-state index in [1.807, 2.05) is 66.4 Å². The average Bonchev–Trinajstić information content (AvgIpc) is 3.17. The number of carbonyl (C=O) groups excluding carboxylic acids is 1. The number of carbonyl (C=O) groups is 1. The van der Waals surface area contributed by atoms with Gasteiger partial charge in [-0.15, -0.1) is 0 Å². The van der Waals surface area contributed by atoms with Gasteiger partial charge in [-0.25, -0.2) is 0 Å². The standard InChI is InChI=1S/C21H22N4O2/c1-16-6-5-9-18(14-16)20-22-19(27-23-20)15-24-10-12-25(13-11-24)21(26)17-7-3-2-4-8-17/h2-9,14H,10-13,15H2,1H3. The monoisotopic (exact) mass is 362 g/mol. The third-order valence-corrected chi connectivity index (χ3v) is 4.78. The summed E-state index contributed by atoms with van der Waals surface area (Å²) in [6, 6.07) is 17.5. The Labute approximate surface area is 158 Å². The van der Waals surface area contributed by atoms with Crippen LogP contribution in [0.2, 0.25) is 0 Å². The van der Waals surface area contributed by atoms with Crippen molar-refractivity contribution < 1.29 is 9.32 Å². The van der Waals surface area contributed by atoms with E-state index in [0.717, 1.165) is 29.8 Å². The predicted octanol–water partition coefficient (Wildman–Crippen LogP) is 3.00. The minimum absolute atomic E-state index is 0.0924. The number of hydrogen-bond acceptors (Lipinski definition) is 5. The van der Waals surface area contributed by atoms with E-state index in [0.29, 0.717) is 31.3 Å². The molecule has 1 fully saturated rings. The first-order valence-electron chi connectivity index (χ1n) is 9.15. The van der Waals surface area contributed by atoms with Crippen molar-refractivity contribution in [2.75, 3.05) is 26.2 Å². The van der Waals surface area contributed by atoms with Crippen LogP contribution in [-0.2, 0) is 6.54 Å². The highest BCUT2D eigenvalue weighted by molar-refractivity contribution is 5.94. The number of piperazine rings is 1. The molecule has 1 aromatic heterocycles. The molecule has 1 aliphatic heterocycles. The van der Waals surface area contributed by atoms with Crippen molar-refractivity contribution in [2.24, 2.45) is 0 Å². The molecular weight excluding hydrogens is 340 g/mol. The van der Waals surface area contributed by atoms with Gasteiger partial charge < -0.3 is 9.42 Å². The van der Waals surface area contributed by atoms with Crippen LogP contribution in [0.15, 0.2) is 59.1 Å². The second-order valence-electron chi connectivity index (χ2n) is 6.82. The third kappa shape index (κ3) is 4.06. The van der Waals surface area contributed by atoms with Crippen molar-refractivity contribution >= 4 is 5.91 Å². The first kappa shape index (κ1) is 17.4. The first-order chi connectivity index (χ1) is 13.2. The lowest BCUT2D eigenvalue weighted by Gasteiger charge is -2.34. The zero-order chi connectivity index (χ0) is 18.6. The number of benzene rings is 2. The Balaban J connectivity index is 1.34. The summed E-state index contributed by atoms with van der Waals surface area (Å²) < 4.78 is 5.42. The highest BCUT2D eigenvalue weighted by atomic mass is 16.5. The van der Waals surface area contributed by atoms with E-state index >= 15 is 0 Å². The number of aryl methyl sites for hydroxylation is 1. The van der Waals surface area contributed by atoms with E-state index in [2.05, 4.69) is 15.0 Å². The van der Waals surface area contributed by atoms with Crippen LogP contribution in [0.1, 0.15) is 21.8 Å². The molecule has 0 bridgehead atoms.